The predicted molar refractivity (Wildman–Crippen MR) is 58.2 cm³/mol. The summed E-state index contributed by atoms with van der Waals surface area (Å²) < 4.78 is -0.616. The maximum absolute atomic E-state index is 11.0. The first-order valence-corrected chi connectivity index (χ1v) is 5.81. The molecule has 0 bridgehead atoms. The van der Waals surface area contributed by atoms with E-state index in [2.05, 4.69) is 6.92 Å². The third-order valence-corrected chi connectivity index (χ3v) is 4.16. The van der Waals surface area contributed by atoms with Crippen molar-refractivity contribution in [3.05, 3.63) is 0 Å². The van der Waals surface area contributed by atoms with Crippen LogP contribution in [0.5, 0.6) is 0 Å². The highest BCUT2D eigenvalue weighted by atomic mass is 32.2. The zero-order valence-corrected chi connectivity index (χ0v) is 9.78. The zero-order valence-electron chi connectivity index (χ0n) is 8.96. The summed E-state index contributed by atoms with van der Waals surface area (Å²) in [5.74, 6) is 0.424. The first kappa shape index (κ1) is 12.8. The van der Waals surface area contributed by atoms with Crippen LogP contribution in [0.1, 0.15) is 40.5 Å². The molecule has 1 atom stereocenters. The second kappa shape index (κ2) is 5.53. The van der Waals surface area contributed by atoms with E-state index < -0.39 is 10.7 Å². The Kier molecular flexibility index (Phi) is 5.45. The molecule has 0 aliphatic rings. The van der Waals surface area contributed by atoms with Crippen molar-refractivity contribution in [2.24, 2.45) is 5.92 Å². The molecule has 0 saturated heterocycles. The number of rotatable bonds is 6. The Balaban J connectivity index is 4.17. The summed E-state index contributed by atoms with van der Waals surface area (Å²) in [5, 5.41) is 9.08. The summed E-state index contributed by atoms with van der Waals surface area (Å²) in [5.41, 5.74) is 0. The lowest BCUT2D eigenvalue weighted by atomic mass is 9.97. The fourth-order valence-electron chi connectivity index (χ4n) is 0.904. The Hall–Kier alpha value is -0.180. The number of hydrogen-bond donors (Lipinski definition) is 1. The highest BCUT2D eigenvalue weighted by Gasteiger charge is 2.36. The molecule has 1 N–H and O–H groups in total. The van der Waals surface area contributed by atoms with Gasteiger partial charge in [-0.15, -0.1) is 11.8 Å². The van der Waals surface area contributed by atoms with E-state index in [1.807, 2.05) is 20.8 Å². The second-order valence-corrected chi connectivity index (χ2v) is 5.31. The fourth-order valence-corrected chi connectivity index (χ4v) is 2.22. The lowest BCUT2D eigenvalue weighted by Crippen LogP contribution is -2.37. The minimum absolute atomic E-state index is 0.173. The Morgan fingerprint density at radius 3 is 2.38 bits per heavy atom. The van der Waals surface area contributed by atoms with Crippen LogP contribution in [-0.2, 0) is 4.79 Å². The lowest BCUT2D eigenvalue weighted by Gasteiger charge is -2.28. The Morgan fingerprint density at radius 1 is 1.54 bits per heavy atom. The molecule has 3 heteroatoms. The molecule has 0 aromatic rings. The summed E-state index contributed by atoms with van der Waals surface area (Å²) in [6, 6.07) is 0. The highest BCUT2D eigenvalue weighted by Crippen LogP contribution is 2.33. The molecule has 78 valence electrons. The second-order valence-electron chi connectivity index (χ2n) is 3.77. The van der Waals surface area contributed by atoms with Crippen LogP contribution in [0.3, 0.4) is 0 Å². The van der Waals surface area contributed by atoms with E-state index in [1.54, 1.807) is 11.8 Å². The molecular formula is C10H20O2S. The summed E-state index contributed by atoms with van der Waals surface area (Å²) in [6.45, 7) is 7.87. The standard InChI is InChI=1S/C10H20O2S/c1-5-6-7-13-10(4,8(2)3)9(11)12/h8H,5-7H2,1-4H3,(H,11,12). The summed E-state index contributed by atoms with van der Waals surface area (Å²) in [6.07, 6.45) is 2.22. The fraction of sp³-hybridized carbons (Fsp3) is 0.900. The minimum atomic E-state index is -0.691. The van der Waals surface area contributed by atoms with Gasteiger partial charge in [0.15, 0.2) is 0 Å². The molecule has 0 aliphatic heterocycles. The van der Waals surface area contributed by atoms with Gasteiger partial charge in [0.25, 0.3) is 0 Å². The van der Waals surface area contributed by atoms with Crippen LogP contribution in [0.2, 0.25) is 0 Å². The number of carboxylic acid groups (broad SMARTS) is 1. The number of aliphatic carboxylic acids is 1. The average molecular weight is 204 g/mol. The summed E-state index contributed by atoms with van der Waals surface area (Å²) in [4.78, 5) is 11.0. The monoisotopic (exact) mass is 204 g/mol. The van der Waals surface area contributed by atoms with Gasteiger partial charge in [-0.05, 0) is 25.0 Å². The smallest absolute Gasteiger partial charge is 0.319 e. The molecule has 0 aromatic heterocycles. The van der Waals surface area contributed by atoms with Gasteiger partial charge in [0, 0.05) is 0 Å². The van der Waals surface area contributed by atoms with Crippen LogP contribution < -0.4 is 0 Å². The van der Waals surface area contributed by atoms with E-state index >= 15 is 0 Å². The van der Waals surface area contributed by atoms with Gasteiger partial charge >= 0.3 is 5.97 Å². The van der Waals surface area contributed by atoms with Crippen LogP contribution in [0.25, 0.3) is 0 Å². The lowest BCUT2D eigenvalue weighted by molar-refractivity contribution is -0.140. The van der Waals surface area contributed by atoms with Gasteiger partial charge in [0.2, 0.25) is 0 Å². The average Bonchev–Trinajstić information content (AvgIpc) is 2.03. The third-order valence-electron chi connectivity index (χ3n) is 2.43. The molecule has 0 saturated carbocycles. The van der Waals surface area contributed by atoms with Crippen molar-refractivity contribution in [1.82, 2.24) is 0 Å². The molecule has 1 unspecified atom stereocenters. The molecule has 0 spiro atoms. The molecule has 0 aliphatic carbocycles. The Bertz CT molecular complexity index is 168. The SMILES string of the molecule is CCCCSC(C)(C(=O)O)C(C)C. The van der Waals surface area contributed by atoms with Crippen molar-refractivity contribution in [1.29, 1.82) is 0 Å². The van der Waals surface area contributed by atoms with Crippen LogP contribution in [-0.4, -0.2) is 21.6 Å². The van der Waals surface area contributed by atoms with Crippen LogP contribution in [0.4, 0.5) is 0 Å². The van der Waals surface area contributed by atoms with E-state index in [9.17, 15) is 4.79 Å². The predicted octanol–water partition coefficient (Wildman–Crippen LogP) is 3.02. The molecule has 13 heavy (non-hydrogen) atoms. The van der Waals surface area contributed by atoms with E-state index in [-0.39, 0.29) is 5.92 Å². The van der Waals surface area contributed by atoms with Crippen LogP contribution in [0.15, 0.2) is 0 Å². The first-order chi connectivity index (χ1) is 5.95. The molecule has 0 aromatic carbocycles. The zero-order chi connectivity index (χ0) is 10.5. The molecule has 2 nitrogen and oxygen atoms in total. The van der Waals surface area contributed by atoms with Gasteiger partial charge in [0.05, 0.1) is 0 Å². The number of hydrogen-bond acceptors (Lipinski definition) is 2. The largest absolute Gasteiger partial charge is 0.480 e. The normalized spacial score (nSPS) is 15.8. The first-order valence-electron chi connectivity index (χ1n) is 4.82. The number of carboxylic acids is 1. The van der Waals surface area contributed by atoms with Crippen molar-refractivity contribution in [2.75, 3.05) is 5.75 Å². The number of thioether (sulfide) groups is 1. The van der Waals surface area contributed by atoms with Crippen molar-refractivity contribution in [3.63, 3.8) is 0 Å². The third kappa shape index (κ3) is 3.59. The molecule has 0 fully saturated rings. The summed E-state index contributed by atoms with van der Waals surface area (Å²) >= 11 is 1.57. The van der Waals surface area contributed by atoms with E-state index in [0.717, 1.165) is 18.6 Å². The van der Waals surface area contributed by atoms with Gasteiger partial charge in [-0.3, -0.25) is 4.79 Å². The number of carbonyl (C=O) groups is 1. The Labute approximate surface area is 85.1 Å². The van der Waals surface area contributed by atoms with Gasteiger partial charge in [-0.1, -0.05) is 27.2 Å². The molecule has 0 rings (SSSR count). The maximum Gasteiger partial charge on any atom is 0.319 e. The quantitative estimate of drug-likeness (QED) is 0.676. The van der Waals surface area contributed by atoms with Gasteiger partial charge < -0.3 is 5.11 Å². The molecule has 0 heterocycles. The van der Waals surface area contributed by atoms with Crippen molar-refractivity contribution < 1.29 is 9.90 Å². The van der Waals surface area contributed by atoms with E-state index in [4.69, 9.17) is 5.11 Å². The van der Waals surface area contributed by atoms with Crippen molar-refractivity contribution >= 4 is 17.7 Å². The van der Waals surface area contributed by atoms with Crippen molar-refractivity contribution in [2.45, 2.75) is 45.3 Å². The summed E-state index contributed by atoms with van der Waals surface area (Å²) in [7, 11) is 0. The van der Waals surface area contributed by atoms with Crippen LogP contribution >= 0.6 is 11.8 Å². The maximum atomic E-state index is 11.0. The van der Waals surface area contributed by atoms with Gasteiger partial charge in [0.1, 0.15) is 4.75 Å². The van der Waals surface area contributed by atoms with Gasteiger partial charge in [-0.2, -0.15) is 0 Å². The van der Waals surface area contributed by atoms with E-state index in [1.165, 1.54) is 0 Å². The highest BCUT2D eigenvalue weighted by molar-refractivity contribution is 8.01. The topological polar surface area (TPSA) is 37.3 Å². The van der Waals surface area contributed by atoms with E-state index in [0.29, 0.717) is 0 Å². The Morgan fingerprint density at radius 2 is 2.08 bits per heavy atom. The van der Waals surface area contributed by atoms with Crippen LogP contribution in [0, 0.1) is 5.92 Å². The number of unbranched alkanes of at least 4 members (excludes halogenated alkanes) is 1. The van der Waals surface area contributed by atoms with Crippen molar-refractivity contribution in [3.8, 4) is 0 Å². The minimum Gasteiger partial charge on any atom is -0.480 e. The van der Waals surface area contributed by atoms with Gasteiger partial charge in [-0.25, -0.2) is 0 Å². The molecule has 0 amide bonds. The molecule has 0 radical (unpaired) electrons. The molecular weight excluding hydrogens is 184 g/mol.